The number of carbonyl (C=O) groups is 1. The first-order valence-corrected chi connectivity index (χ1v) is 7.72. The van der Waals surface area contributed by atoms with Crippen molar-refractivity contribution in [2.24, 2.45) is 5.92 Å². The molecule has 3 nitrogen and oxygen atoms in total. The molecule has 2 rings (SSSR count). The van der Waals surface area contributed by atoms with E-state index in [1.165, 1.54) is 12.1 Å². The second-order valence-corrected chi connectivity index (χ2v) is 5.61. The van der Waals surface area contributed by atoms with E-state index in [1.807, 2.05) is 0 Å². The summed E-state index contributed by atoms with van der Waals surface area (Å²) in [6.07, 6.45) is -2.85. The summed E-state index contributed by atoms with van der Waals surface area (Å²) >= 11 is 3.44. The van der Waals surface area contributed by atoms with E-state index in [-0.39, 0.29) is 11.7 Å². The molecule has 0 saturated carbocycles. The minimum Gasteiger partial charge on any atom is -0.406 e. The number of alkyl halides is 4. The van der Waals surface area contributed by atoms with Gasteiger partial charge in [0.25, 0.3) is 5.91 Å². The van der Waals surface area contributed by atoms with Crippen LogP contribution in [0.25, 0.3) is 0 Å². The van der Waals surface area contributed by atoms with E-state index in [0.29, 0.717) is 24.6 Å². The Hall–Kier alpha value is -1.24. The van der Waals surface area contributed by atoms with Crippen LogP contribution in [0.3, 0.4) is 0 Å². The number of hydrogen-bond acceptors (Lipinski definition) is 2. The lowest BCUT2D eigenvalue weighted by Gasteiger charge is -2.31. The standard InChI is InChI=1S/C14H15BrF3NO2/c15-9-10-5-7-19(8-6-10)13(20)11-1-3-12(4-2-11)21-14(16,17)18/h1-4,10H,5-9H2. The number of halogens is 4. The Morgan fingerprint density at radius 1 is 1.24 bits per heavy atom. The third-order valence-corrected chi connectivity index (χ3v) is 4.37. The van der Waals surface area contributed by atoms with Gasteiger partial charge in [-0.2, -0.15) is 0 Å². The number of amides is 1. The molecule has 0 aliphatic carbocycles. The molecule has 1 aromatic carbocycles. The zero-order valence-electron chi connectivity index (χ0n) is 11.2. The molecule has 0 atom stereocenters. The second-order valence-electron chi connectivity index (χ2n) is 4.96. The van der Waals surface area contributed by atoms with Crippen LogP contribution >= 0.6 is 15.9 Å². The minimum absolute atomic E-state index is 0.151. The van der Waals surface area contributed by atoms with E-state index < -0.39 is 6.36 Å². The first kappa shape index (κ1) is 16.1. The van der Waals surface area contributed by atoms with Crippen molar-refractivity contribution < 1.29 is 22.7 Å². The SMILES string of the molecule is O=C(c1ccc(OC(F)(F)F)cc1)N1CCC(CBr)CC1. The summed E-state index contributed by atoms with van der Waals surface area (Å²) in [6, 6.07) is 5.04. The molecule has 0 N–H and O–H groups in total. The zero-order chi connectivity index (χ0) is 15.5. The van der Waals surface area contributed by atoms with Crippen molar-refractivity contribution in [3.8, 4) is 5.75 Å². The van der Waals surface area contributed by atoms with E-state index in [1.54, 1.807) is 4.90 Å². The van der Waals surface area contributed by atoms with Crippen LogP contribution in [-0.4, -0.2) is 35.6 Å². The number of hydrogen-bond donors (Lipinski definition) is 0. The molecule has 21 heavy (non-hydrogen) atoms. The van der Waals surface area contributed by atoms with Gasteiger partial charge in [-0.3, -0.25) is 4.79 Å². The van der Waals surface area contributed by atoms with Gasteiger partial charge in [0, 0.05) is 24.0 Å². The minimum atomic E-state index is -4.72. The van der Waals surface area contributed by atoms with Crippen LogP contribution < -0.4 is 4.74 Å². The van der Waals surface area contributed by atoms with Crippen LogP contribution in [0, 0.1) is 5.92 Å². The van der Waals surface area contributed by atoms with Crippen LogP contribution in [0.15, 0.2) is 24.3 Å². The average Bonchev–Trinajstić information content (AvgIpc) is 2.46. The number of nitrogens with zero attached hydrogens (tertiary/aromatic N) is 1. The summed E-state index contributed by atoms with van der Waals surface area (Å²) in [6.45, 7) is 1.35. The summed E-state index contributed by atoms with van der Waals surface area (Å²) in [7, 11) is 0. The van der Waals surface area contributed by atoms with Gasteiger partial charge < -0.3 is 9.64 Å². The third kappa shape index (κ3) is 4.62. The fraction of sp³-hybridized carbons (Fsp3) is 0.500. The number of piperidine rings is 1. The average molecular weight is 366 g/mol. The molecule has 1 aliphatic heterocycles. The first-order valence-electron chi connectivity index (χ1n) is 6.60. The first-order chi connectivity index (χ1) is 9.89. The van der Waals surface area contributed by atoms with Crippen molar-refractivity contribution in [2.75, 3.05) is 18.4 Å². The Kier molecular flexibility index (Phi) is 5.13. The van der Waals surface area contributed by atoms with Crippen LogP contribution in [0.2, 0.25) is 0 Å². The lowest BCUT2D eigenvalue weighted by atomic mass is 9.98. The summed E-state index contributed by atoms with van der Waals surface area (Å²) in [5.74, 6) is 0.107. The second kappa shape index (κ2) is 6.68. The van der Waals surface area contributed by atoms with E-state index in [4.69, 9.17) is 0 Å². The molecule has 1 heterocycles. The van der Waals surface area contributed by atoms with Gasteiger partial charge in [0.1, 0.15) is 5.75 Å². The molecule has 1 aromatic rings. The highest BCUT2D eigenvalue weighted by atomic mass is 79.9. The van der Waals surface area contributed by atoms with E-state index >= 15 is 0 Å². The van der Waals surface area contributed by atoms with Gasteiger partial charge in [0.05, 0.1) is 0 Å². The molecule has 7 heteroatoms. The zero-order valence-corrected chi connectivity index (χ0v) is 12.8. The van der Waals surface area contributed by atoms with E-state index in [2.05, 4.69) is 20.7 Å². The van der Waals surface area contributed by atoms with Gasteiger partial charge in [-0.25, -0.2) is 0 Å². The lowest BCUT2D eigenvalue weighted by Crippen LogP contribution is -2.38. The molecule has 1 saturated heterocycles. The fourth-order valence-corrected chi connectivity index (χ4v) is 2.92. The Balaban J connectivity index is 1.97. The van der Waals surface area contributed by atoms with Gasteiger partial charge in [-0.15, -0.1) is 13.2 Å². The Labute approximate surface area is 129 Å². The van der Waals surface area contributed by atoms with Gasteiger partial charge in [-0.1, -0.05) is 15.9 Å². The largest absolute Gasteiger partial charge is 0.573 e. The van der Waals surface area contributed by atoms with Gasteiger partial charge in [0.15, 0.2) is 0 Å². The molecule has 116 valence electrons. The fourth-order valence-electron chi connectivity index (χ4n) is 2.27. The van der Waals surface area contributed by atoms with Crippen molar-refractivity contribution in [3.63, 3.8) is 0 Å². The smallest absolute Gasteiger partial charge is 0.406 e. The third-order valence-electron chi connectivity index (χ3n) is 3.45. The number of ether oxygens (including phenoxy) is 1. The molecule has 1 amide bonds. The molecule has 0 radical (unpaired) electrons. The van der Waals surface area contributed by atoms with Crippen molar-refractivity contribution in [3.05, 3.63) is 29.8 Å². The highest BCUT2D eigenvalue weighted by Crippen LogP contribution is 2.24. The molecule has 0 aromatic heterocycles. The Bertz CT molecular complexity index is 482. The molecule has 0 spiro atoms. The quantitative estimate of drug-likeness (QED) is 0.761. The highest BCUT2D eigenvalue weighted by Gasteiger charge is 2.31. The maximum absolute atomic E-state index is 12.2. The van der Waals surface area contributed by atoms with Crippen molar-refractivity contribution in [2.45, 2.75) is 19.2 Å². The van der Waals surface area contributed by atoms with Crippen molar-refractivity contribution in [1.82, 2.24) is 4.90 Å². The number of rotatable bonds is 3. The lowest BCUT2D eigenvalue weighted by molar-refractivity contribution is -0.274. The molecule has 0 bridgehead atoms. The van der Waals surface area contributed by atoms with E-state index in [0.717, 1.165) is 30.3 Å². The van der Waals surface area contributed by atoms with Crippen LogP contribution in [-0.2, 0) is 0 Å². The maximum Gasteiger partial charge on any atom is 0.573 e. The van der Waals surface area contributed by atoms with Gasteiger partial charge in [-0.05, 0) is 43.0 Å². The summed E-state index contributed by atoms with van der Waals surface area (Å²) in [4.78, 5) is 14.0. The Morgan fingerprint density at radius 2 is 1.81 bits per heavy atom. The predicted molar refractivity (Wildman–Crippen MR) is 75.5 cm³/mol. The number of carbonyl (C=O) groups excluding carboxylic acids is 1. The number of likely N-dealkylation sites (tertiary alicyclic amines) is 1. The monoisotopic (exact) mass is 365 g/mol. The Morgan fingerprint density at radius 3 is 2.29 bits per heavy atom. The van der Waals surface area contributed by atoms with Gasteiger partial charge in [0.2, 0.25) is 0 Å². The van der Waals surface area contributed by atoms with Crippen LogP contribution in [0.4, 0.5) is 13.2 Å². The van der Waals surface area contributed by atoms with Gasteiger partial charge >= 0.3 is 6.36 Å². The molecule has 0 unspecified atom stereocenters. The summed E-state index contributed by atoms with van der Waals surface area (Å²) in [5.41, 5.74) is 0.377. The van der Waals surface area contributed by atoms with Crippen molar-refractivity contribution >= 4 is 21.8 Å². The molecule has 1 aliphatic rings. The van der Waals surface area contributed by atoms with Crippen LogP contribution in [0.1, 0.15) is 23.2 Å². The summed E-state index contributed by atoms with van der Waals surface area (Å²) < 4.78 is 40.0. The van der Waals surface area contributed by atoms with Crippen molar-refractivity contribution in [1.29, 1.82) is 0 Å². The number of benzene rings is 1. The molecular weight excluding hydrogens is 351 g/mol. The molecular formula is C14H15BrF3NO2. The van der Waals surface area contributed by atoms with Crippen LogP contribution in [0.5, 0.6) is 5.75 Å². The normalized spacial score (nSPS) is 16.9. The highest BCUT2D eigenvalue weighted by molar-refractivity contribution is 9.09. The van der Waals surface area contributed by atoms with E-state index in [9.17, 15) is 18.0 Å². The predicted octanol–water partition coefficient (Wildman–Crippen LogP) is 3.83. The molecule has 1 fully saturated rings. The maximum atomic E-state index is 12.2. The summed E-state index contributed by atoms with van der Waals surface area (Å²) in [5, 5.41) is 0.929. The topological polar surface area (TPSA) is 29.5 Å².